The maximum Gasteiger partial charge on any atom is 0.325 e. The SMILES string of the molecule is CCNC(C)(CCSc1ncn[nH]1)C(=O)OC. The van der Waals surface area contributed by atoms with Crippen LogP contribution >= 0.6 is 11.8 Å². The molecule has 1 unspecified atom stereocenters. The molecule has 1 aromatic heterocycles. The molecule has 96 valence electrons. The van der Waals surface area contributed by atoms with Gasteiger partial charge in [-0.1, -0.05) is 18.7 Å². The molecule has 0 radical (unpaired) electrons. The Bertz CT molecular complexity index is 344. The molecule has 0 aliphatic heterocycles. The molecule has 1 atom stereocenters. The Labute approximate surface area is 105 Å². The van der Waals surface area contributed by atoms with Crippen LogP contribution in [0.2, 0.25) is 0 Å². The Morgan fingerprint density at radius 3 is 3.00 bits per heavy atom. The summed E-state index contributed by atoms with van der Waals surface area (Å²) in [6.45, 7) is 4.53. The Morgan fingerprint density at radius 2 is 2.47 bits per heavy atom. The molecular weight excluding hydrogens is 240 g/mol. The van der Waals surface area contributed by atoms with Crippen LogP contribution in [0.3, 0.4) is 0 Å². The number of likely N-dealkylation sites (N-methyl/N-ethyl adjacent to an activating group) is 1. The lowest BCUT2D eigenvalue weighted by Crippen LogP contribution is -2.50. The van der Waals surface area contributed by atoms with Crippen molar-refractivity contribution in [2.24, 2.45) is 0 Å². The highest BCUT2D eigenvalue weighted by molar-refractivity contribution is 7.99. The summed E-state index contributed by atoms with van der Waals surface area (Å²) in [5.74, 6) is 0.519. The summed E-state index contributed by atoms with van der Waals surface area (Å²) in [5, 5.41) is 10.4. The molecule has 6 nitrogen and oxygen atoms in total. The standard InChI is InChI=1S/C10H18N4O2S/c1-4-12-10(2,8(15)16-3)5-6-17-9-11-7-13-14-9/h7,12H,4-6H2,1-3H3,(H,11,13,14). The van der Waals surface area contributed by atoms with Crippen molar-refractivity contribution in [1.29, 1.82) is 0 Å². The molecule has 0 aliphatic carbocycles. The van der Waals surface area contributed by atoms with Gasteiger partial charge in [-0.25, -0.2) is 4.98 Å². The molecule has 2 N–H and O–H groups in total. The van der Waals surface area contributed by atoms with Crippen molar-refractivity contribution in [1.82, 2.24) is 20.5 Å². The van der Waals surface area contributed by atoms with Crippen molar-refractivity contribution in [3.63, 3.8) is 0 Å². The number of carbonyl (C=O) groups excluding carboxylic acids is 1. The molecule has 17 heavy (non-hydrogen) atoms. The summed E-state index contributed by atoms with van der Waals surface area (Å²) in [7, 11) is 1.40. The molecule has 0 bridgehead atoms. The van der Waals surface area contributed by atoms with Crippen molar-refractivity contribution in [3.8, 4) is 0 Å². The Hall–Kier alpha value is -1.08. The lowest BCUT2D eigenvalue weighted by Gasteiger charge is -2.27. The first-order valence-electron chi connectivity index (χ1n) is 5.44. The third kappa shape index (κ3) is 4.01. The van der Waals surface area contributed by atoms with E-state index in [1.165, 1.54) is 25.2 Å². The van der Waals surface area contributed by atoms with Crippen LogP contribution in [0.5, 0.6) is 0 Å². The molecule has 0 aromatic carbocycles. The van der Waals surface area contributed by atoms with E-state index in [1.807, 2.05) is 13.8 Å². The van der Waals surface area contributed by atoms with Gasteiger partial charge < -0.3 is 10.1 Å². The number of nitrogens with one attached hydrogen (secondary N) is 2. The van der Waals surface area contributed by atoms with E-state index < -0.39 is 5.54 Å². The van der Waals surface area contributed by atoms with E-state index in [0.717, 1.165) is 17.5 Å². The second kappa shape index (κ2) is 6.61. The molecule has 0 saturated heterocycles. The number of nitrogens with zero attached hydrogens (tertiary/aromatic N) is 2. The van der Waals surface area contributed by atoms with Crippen LogP contribution in [0, 0.1) is 0 Å². The average Bonchev–Trinajstić information content (AvgIpc) is 2.81. The first kappa shape index (κ1) is 14.0. The predicted molar refractivity (Wildman–Crippen MR) is 65.8 cm³/mol. The van der Waals surface area contributed by atoms with Gasteiger partial charge in [0.05, 0.1) is 7.11 Å². The summed E-state index contributed by atoms with van der Waals surface area (Å²) < 4.78 is 4.81. The second-order valence-corrected chi connectivity index (χ2v) is 4.83. The summed E-state index contributed by atoms with van der Waals surface area (Å²) in [6.07, 6.45) is 2.13. The molecule has 0 spiro atoms. The third-order valence-electron chi connectivity index (χ3n) is 2.44. The Balaban J connectivity index is 2.46. The fourth-order valence-electron chi connectivity index (χ4n) is 1.49. The highest BCUT2D eigenvalue weighted by Gasteiger charge is 2.32. The molecular formula is C10H18N4O2S. The van der Waals surface area contributed by atoms with E-state index in [4.69, 9.17) is 4.74 Å². The van der Waals surface area contributed by atoms with Crippen LogP contribution in [0.15, 0.2) is 11.5 Å². The maximum atomic E-state index is 11.7. The van der Waals surface area contributed by atoms with Crippen molar-refractivity contribution in [2.45, 2.75) is 31.0 Å². The van der Waals surface area contributed by atoms with Gasteiger partial charge in [-0.2, -0.15) is 5.10 Å². The Kier molecular flexibility index (Phi) is 5.43. The number of ether oxygens (including phenoxy) is 1. The second-order valence-electron chi connectivity index (χ2n) is 3.74. The lowest BCUT2D eigenvalue weighted by molar-refractivity contribution is -0.147. The number of H-pyrrole nitrogens is 1. The smallest absolute Gasteiger partial charge is 0.325 e. The molecule has 1 heterocycles. The number of aromatic amines is 1. The van der Waals surface area contributed by atoms with Gasteiger partial charge >= 0.3 is 5.97 Å². The van der Waals surface area contributed by atoms with Gasteiger partial charge in [0.25, 0.3) is 0 Å². The Morgan fingerprint density at radius 1 is 1.71 bits per heavy atom. The molecule has 0 amide bonds. The fraction of sp³-hybridized carbons (Fsp3) is 0.700. The minimum atomic E-state index is -0.642. The van der Waals surface area contributed by atoms with Crippen molar-refractivity contribution in [2.75, 3.05) is 19.4 Å². The third-order valence-corrected chi connectivity index (χ3v) is 3.32. The van der Waals surface area contributed by atoms with Gasteiger partial charge in [-0.15, -0.1) is 0 Å². The first-order chi connectivity index (χ1) is 8.12. The van der Waals surface area contributed by atoms with Gasteiger partial charge in [-0.3, -0.25) is 9.89 Å². The molecule has 1 rings (SSSR count). The molecule has 1 aromatic rings. The van der Waals surface area contributed by atoms with Gasteiger partial charge in [-0.05, 0) is 19.9 Å². The lowest BCUT2D eigenvalue weighted by atomic mass is 9.99. The van der Waals surface area contributed by atoms with Crippen molar-refractivity contribution >= 4 is 17.7 Å². The van der Waals surface area contributed by atoms with Crippen LogP contribution in [0.1, 0.15) is 20.3 Å². The largest absolute Gasteiger partial charge is 0.468 e. The van der Waals surface area contributed by atoms with Crippen molar-refractivity contribution < 1.29 is 9.53 Å². The summed E-state index contributed by atoms with van der Waals surface area (Å²) in [5.41, 5.74) is -0.642. The first-order valence-corrected chi connectivity index (χ1v) is 6.42. The van der Waals surface area contributed by atoms with E-state index in [1.54, 1.807) is 0 Å². The van der Waals surface area contributed by atoms with Crippen molar-refractivity contribution in [3.05, 3.63) is 6.33 Å². The molecule has 0 fully saturated rings. The zero-order valence-electron chi connectivity index (χ0n) is 10.3. The average molecular weight is 258 g/mol. The minimum absolute atomic E-state index is 0.238. The van der Waals surface area contributed by atoms with Gasteiger partial charge in [0.15, 0.2) is 5.16 Å². The monoisotopic (exact) mass is 258 g/mol. The molecule has 7 heteroatoms. The quantitative estimate of drug-likeness (QED) is 0.557. The normalized spacial score (nSPS) is 14.3. The van der Waals surface area contributed by atoms with Crippen LogP contribution in [-0.2, 0) is 9.53 Å². The topological polar surface area (TPSA) is 79.9 Å². The van der Waals surface area contributed by atoms with Crippen LogP contribution in [0.25, 0.3) is 0 Å². The van der Waals surface area contributed by atoms with Crippen LogP contribution < -0.4 is 5.32 Å². The van der Waals surface area contributed by atoms with E-state index >= 15 is 0 Å². The fourth-order valence-corrected chi connectivity index (χ4v) is 2.44. The maximum absolute atomic E-state index is 11.7. The highest BCUT2D eigenvalue weighted by atomic mass is 32.2. The van der Waals surface area contributed by atoms with Crippen LogP contribution in [-0.4, -0.2) is 46.1 Å². The van der Waals surface area contributed by atoms with Gasteiger partial charge in [0.2, 0.25) is 0 Å². The number of methoxy groups -OCH3 is 1. The summed E-state index contributed by atoms with van der Waals surface area (Å²) in [6, 6.07) is 0. The number of thioether (sulfide) groups is 1. The number of aromatic nitrogens is 3. The van der Waals surface area contributed by atoms with Crippen LogP contribution in [0.4, 0.5) is 0 Å². The van der Waals surface area contributed by atoms with Gasteiger partial charge in [0.1, 0.15) is 11.9 Å². The zero-order valence-corrected chi connectivity index (χ0v) is 11.1. The number of carbonyl (C=O) groups is 1. The number of rotatable bonds is 7. The van der Waals surface area contributed by atoms with E-state index in [-0.39, 0.29) is 5.97 Å². The predicted octanol–water partition coefficient (Wildman–Crippen LogP) is 0.828. The summed E-state index contributed by atoms with van der Waals surface area (Å²) >= 11 is 1.53. The molecule has 0 aliphatic rings. The van der Waals surface area contributed by atoms with E-state index in [0.29, 0.717) is 6.42 Å². The highest BCUT2D eigenvalue weighted by Crippen LogP contribution is 2.19. The number of hydrogen-bond acceptors (Lipinski definition) is 6. The van der Waals surface area contributed by atoms with E-state index in [9.17, 15) is 4.79 Å². The number of esters is 1. The molecule has 0 saturated carbocycles. The number of hydrogen-bond donors (Lipinski definition) is 2. The minimum Gasteiger partial charge on any atom is -0.468 e. The zero-order chi connectivity index (χ0) is 12.7. The summed E-state index contributed by atoms with van der Waals surface area (Å²) in [4.78, 5) is 15.7. The van der Waals surface area contributed by atoms with Gasteiger partial charge in [0, 0.05) is 5.75 Å². The van der Waals surface area contributed by atoms with E-state index in [2.05, 4.69) is 20.5 Å².